The van der Waals surface area contributed by atoms with Crippen molar-refractivity contribution in [2.75, 3.05) is 0 Å². The molecule has 1 aliphatic carbocycles. The van der Waals surface area contributed by atoms with E-state index in [9.17, 15) is 0 Å². The molecule has 1 aliphatic heterocycles. The van der Waals surface area contributed by atoms with Gasteiger partial charge in [0.1, 0.15) is 0 Å². The zero-order valence-corrected chi connectivity index (χ0v) is 8.25. The van der Waals surface area contributed by atoms with Crippen LogP contribution >= 0.6 is 0 Å². The summed E-state index contributed by atoms with van der Waals surface area (Å²) in [4.78, 5) is 4.33. The third kappa shape index (κ3) is 1.64. The first-order valence-corrected chi connectivity index (χ1v) is 4.78. The highest BCUT2D eigenvalue weighted by Gasteiger charge is 2.24. The number of rotatable bonds is 0. The van der Waals surface area contributed by atoms with Gasteiger partial charge in [-0.3, -0.25) is 4.99 Å². The number of nitrogens with zero attached hydrogens (tertiary/aromatic N) is 1. The fourth-order valence-electron chi connectivity index (χ4n) is 1.76. The summed E-state index contributed by atoms with van der Waals surface area (Å²) in [5.74, 6) is 0. The Hall–Kier alpha value is -1.11. The van der Waals surface area contributed by atoms with Gasteiger partial charge in [-0.1, -0.05) is 31.6 Å². The molecule has 0 saturated heterocycles. The Kier molecular flexibility index (Phi) is 1.95. The highest BCUT2D eigenvalue weighted by atomic mass is 14.7. The van der Waals surface area contributed by atoms with E-state index in [0.29, 0.717) is 5.41 Å². The third-order valence-corrected chi connectivity index (χ3v) is 2.81. The summed E-state index contributed by atoms with van der Waals surface area (Å²) in [6, 6.07) is 0. The minimum Gasteiger partial charge on any atom is -0.261 e. The van der Waals surface area contributed by atoms with Crippen molar-refractivity contribution in [3.05, 3.63) is 35.6 Å². The maximum absolute atomic E-state index is 4.33. The predicted molar refractivity (Wildman–Crippen MR) is 56.8 cm³/mol. The molecule has 0 unspecified atom stereocenters. The molecule has 2 bridgehead atoms. The van der Waals surface area contributed by atoms with E-state index < -0.39 is 0 Å². The lowest BCUT2D eigenvalue weighted by molar-refractivity contribution is 0.441. The Balaban J connectivity index is 2.42. The van der Waals surface area contributed by atoms with Crippen LogP contribution in [0.4, 0.5) is 0 Å². The zero-order valence-electron chi connectivity index (χ0n) is 8.25. The van der Waals surface area contributed by atoms with Crippen molar-refractivity contribution in [2.24, 2.45) is 10.4 Å². The largest absolute Gasteiger partial charge is 0.261 e. The maximum Gasteiger partial charge on any atom is 0.0444 e. The summed E-state index contributed by atoms with van der Waals surface area (Å²) in [6.45, 7) is 4.59. The van der Waals surface area contributed by atoms with Gasteiger partial charge in [0.05, 0.1) is 0 Å². The maximum atomic E-state index is 4.33. The summed E-state index contributed by atoms with van der Waals surface area (Å²) in [7, 11) is 0. The molecular weight excluding hydrogens is 158 g/mol. The van der Waals surface area contributed by atoms with Gasteiger partial charge < -0.3 is 0 Å². The molecule has 0 fully saturated rings. The molecule has 0 radical (unpaired) electrons. The highest BCUT2D eigenvalue weighted by molar-refractivity contribution is 5.75. The van der Waals surface area contributed by atoms with E-state index in [1.165, 1.54) is 11.3 Å². The molecule has 13 heavy (non-hydrogen) atoms. The van der Waals surface area contributed by atoms with Crippen molar-refractivity contribution in [3.8, 4) is 0 Å². The summed E-state index contributed by atoms with van der Waals surface area (Å²) in [5.41, 5.74) is 2.97. The molecule has 0 N–H and O–H groups in total. The molecule has 0 atom stereocenters. The first-order valence-electron chi connectivity index (χ1n) is 4.78. The SMILES string of the molecule is CC1(C)C/C=C\C=C2/CC1=CC=N2. The van der Waals surface area contributed by atoms with Crippen LogP contribution < -0.4 is 0 Å². The van der Waals surface area contributed by atoms with Crippen LogP contribution in [0.5, 0.6) is 0 Å². The van der Waals surface area contributed by atoms with Gasteiger partial charge in [-0.15, -0.1) is 0 Å². The number of hydrogen-bond acceptors (Lipinski definition) is 1. The predicted octanol–water partition coefficient (Wildman–Crippen LogP) is 3.26. The third-order valence-electron chi connectivity index (χ3n) is 2.81. The molecule has 1 heterocycles. The van der Waals surface area contributed by atoms with Crippen LogP contribution in [-0.4, -0.2) is 6.21 Å². The molecule has 2 aliphatic rings. The second-order valence-corrected chi connectivity index (χ2v) is 4.32. The minimum absolute atomic E-state index is 0.294. The van der Waals surface area contributed by atoms with Gasteiger partial charge in [-0.2, -0.15) is 0 Å². The number of allylic oxidation sites excluding steroid dienone is 5. The van der Waals surface area contributed by atoms with Crippen molar-refractivity contribution in [1.82, 2.24) is 0 Å². The average molecular weight is 173 g/mol. The number of hydrogen-bond donors (Lipinski definition) is 0. The highest BCUT2D eigenvalue weighted by Crippen LogP contribution is 2.37. The van der Waals surface area contributed by atoms with E-state index >= 15 is 0 Å². The van der Waals surface area contributed by atoms with Crippen LogP contribution in [0, 0.1) is 5.41 Å². The van der Waals surface area contributed by atoms with Gasteiger partial charge in [0.25, 0.3) is 0 Å². The summed E-state index contributed by atoms with van der Waals surface area (Å²) in [5, 5.41) is 0. The van der Waals surface area contributed by atoms with E-state index in [1.54, 1.807) is 0 Å². The normalized spacial score (nSPS) is 30.9. The second kappa shape index (κ2) is 2.99. The van der Waals surface area contributed by atoms with E-state index in [4.69, 9.17) is 0 Å². The topological polar surface area (TPSA) is 12.4 Å². The quantitative estimate of drug-likeness (QED) is 0.533. The molecular formula is C12H15N. The van der Waals surface area contributed by atoms with Crippen LogP contribution in [0.25, 0.3) is 0 Å². The number of aliphatic imine (C=N–C) groups is 1. The lowest BCUT2D eigenvalue weighted by atomic mass is 9.77. The lowest BCUT2D eigenvalue weighted by Crippen LogP contribution is -2.16. The lowest BCUT2D eigenvalue weighted by Gasteiger charge is -2.29. The van der Waals surface area contributed by atoms with Crippen molar-refractivity contribution < 1.29 is 0 Å². The fraction of sp³-hybridized carbons (Fsp3) is 0.417. The number of dihydropyridines is 1. The molecule has 0 spiro atoms. The monoisotopic (exact) mass is 173 g/mol. The average Bonchev–Trinajstić information content (AvgIpc) is 2.12. The molecule has 1 heteroatoms. The van der Waals surface area contributed by atoms with Gasteiger partial charge >= 0.3 is 0 Å². The molecule has 1 nitrogen and oxygen atoms in total. The fourth-order valence-corrected chi connectivity index (χ4v) is 1.76. The Labute approximate surface area is 79.6 Å². The Bertz CT molecular complexity index is 327. The summed E-state index contributed by atoms with van der Waals surface area (Å²) < 4.78 is 0. The number of fused-ring (bicyclic) bond motifs is 2. The molecule has 68 valence electrons. The van der Waals surface area contributed by atoms with Crippen LogP contribution in [0.3, 0.4) is 0 Å². The zero-order chi connectivity index (χ0) is 9.31. The van der Waals surface area contributed by atoms with E-state index in [2.05, 4.69) is 43.1 Å². The smallest absolute Gasteiger partial charge is 0.0444 e. The first-order chi connectivity index (χ1) is 6.18. The Morgan fingerprint density at radius 2 is 2.15 bits per heavy atom. The van der Waals surface area contributed by atoms with Crippen LogP contribution in [-0.2, 0) is 0 Å². The first kappa shape index (κ1) is 8.49. The Morgan fingerprint density at radius 3 is 3.00 bits per heavy atom. The van der Waals surface area contributed by atoms with Crippen LogP contribution in [0.1, 0.15) is 26.7 Å². The molecule has 0 saturated carbocycles. The van der Waals surface area contributed by atoms with Crippen molar-refractivity contribution in [3.63, 3.8) is 0 Å². The van der Waals surface area contributed by atoms with Crippen LogP contribution in [0.15, 0.2) is 40.6 Å². The molecule has 0 aromatic rings. The van der Waals surface area contributed by atoms with Crippen molar-refractivity contribution in [2.45, 2.75) is 26.7 Å². The molecule has 0 aromatic carbocycles. The van der Waals surface area contributed by atoms with Gasteiger partial charge in [0, 0.05) is 18.3 Å². The van der Waals surface area contributed by atoms with Gasteiger partial charge in [0.2, 0.25) is 0 Å². The molecule has 0 amide bonds. The molecule has 2 rings (SSSR count). The van der Waals surface area contributed by atoms with E-state index in [1.807, 2.05) is 6.21 Å². The Morgan fingerprint density at radius 1 is 1.31 bits per heavy atom. The van der Waals surface area contributed by atoms with Crippen LogP contribution in [0.2, 0.25) is 0 Å². The summed E-state index contributed by atoms with van der Waals surface area (Å²) >= 11 is 0. The second-order valence-electron chi connectivity index (χ2n) is 4.32. The standard InChI is InChI=1S/C12H15N/c1-12(2)7-4-3-5-11-9-10(12)6-8-13-11/h3-6,8H,7,9H2,1-2H3/b4-3-,11-5+. The van der Waals surface area contributed by atoms with E-state index in [-0.39, 0.29) is 0 Å². The summed E-state index contributed by atoms with van der Waals surface area (Å²) in [6.07, 6.45) is 12.7. The van der Waals surface area contributed by atoms with Gasteiger partial charge in [0.15, 0.2) is 0 Å². The molecule has 0 aromatic heterocycles. The van der Waals surface area contributed by atoms with Gasteiger partial charge in [-0.05, 0) is 24.0 Å². The van der Waals surface area contributed by atoms with Crippen molar-refractivity contribution >= 4 is 6.21 Å². The minimum atomic E-state index is 0.294. The van der Waals surface area contributed by atoms with E-state index in [0.717, 1.165) is 12.8 Å². The van der Waals surface area contributed by atoms with Gasteiger partial charge in [-0.25, -0.2) is 0 Å². The van der Waals surface area contributed by atoms with Crippen molar-refractivity contribution in [1.29, 1.82) is 0 Å².